The lowest BCUT2D eigenvalue weighted by atomic mass is 10.2. The molecule has 0 saturated carbocycles. The smallest absolute Gasteiger partial charge is 0.319 e. The predicted molar refractivity (Wildman–Crippen MR) is 69.3 cm³/mol. The summed E-state index contributed by atoms with van der Waals surface area (Å²) in [6, 6.07) is 7.53. The first-order valence-electron chi connectivity index (χ1n) is 5.63. The number of likely N-dealkylation sites (N-methyl/N-ethyl adjacent to an activating group) is 1. The number of ether oxygens (including phenoxy) is 1. The summed E-state index contributed by atoms with van der Waals surface area (Å²) in [6.07, 6.45) is 0. The molecule has 0 unspecified atom stereocenters. The van der Waals surface area contributed by atoms with Gasteiger partial charge in [0.15, 0.2) is 0 Å². The highest BCUT2D eigenvalue weighted by Crippen LogP contribution is 2.08. The number of anilines is 1. The Bertz CT molecular complexity index is 415. The molecule has 0 heterocycles. The van der Waals surface area contributed by atoms with Crippen molar-refractivity contribution in [2.75, 3.05) is 32.6 Å². The largest absolute Gasteiger partial charge is 0.468 e. The van der Waals surface area contributed by atoms with Gasteiger partial charge in [0, 0.05) is 5.69 Å². The maximum Gasteiger partial charge on any atom is 0.319 e. The molecule has 0 aliphatic heterocycles. The fraction of sp³-hybridized carbons (Fsp3) is 0.385. The van der Waals surface area contributed by atoms with Gasteiger partial charge in [0.05, 0.1) is 20.2 Å². The van der Waals surface area contributed by atoms with Crippen LogP contribution < -0.4 is 5.32 Å². The molecule has 98 valence electrons. The molecular formula is C13H18N2O3. The van der Waals surface area contributed by atoms with Gasteiger partial charge in [-0.15, -0.1) is 0 Å². The van der Waals surface area contributed by atoms with Crippen LogP contribution in [0.15, 0.2) is 24.3 Å². The number of nitrogens with zero attached hydrogens (tertiary/aromatic N) is 1. The van der Waals surface area contributed by atoms with Gasteiger partial charge in [0.25, 0.3) is 0 Å². The number of amides is 1. The SMILES string of the molecule is COC(=O)CN(C)CC(=O)Nc1ccc(C)cc1. The normalized spacial score (nSPS) is 10.2. The first-order chi connectivity index (χ1) is 8.51. The Labute approximate surface area is 107 Å². The van der Waals surface area contributed by atoms with Crippen molar-refractivity contribution in [2.24, 2.45) is 0 Å². The van der Waals surface area contributed by atoms with E-state index in [-0.39, 0.29) is 25.0 Å². The van der Waals surface area contributed by atoms with Gasteiger partial charge in [-0.1, -0.05) is 17.7 Å². The minimum atomic E-state index is -0.361. The Morgan fingerprint density at radius 3 is 2.39 bits per heavy atom. The predicted octanol–water partition coefficient (Wildman–Crippen LogP) is 1.04. The van der Waals surface area contributed by atoms with Crippen LogP contribution in [0.1, 0.15) is 5.56 Å². The fourth-order valence-electron chi connectivity index (χ4n) is 1.42. The van der Waals surface area contributed by atoms with Crippen molar-refractivity contribution in [1.29, 1.82) is 0 Å². The van der Waals surface area contributed by atoms with Gasteiger partial charge in [-0.05, 0) is 26.1 Å². The van der Waals surface area contributed by atoms with Crippen molar-refractivity contribution in [3.05, 3.63) is 29.8 Å². The Kier molecular flexibility index (Phi) is 5.32. The molecule has 5 nitrogen and oxygen atoms in total. The Balaban J connectivity index is 2.41. The summed E-state index contributed by atoms with van der Waals surface area (Å²) in [6.45, 7) is 2.22. The number of esters is 1. The van der Waals surface area contributed by atoms with Crippen molar-refractivity contribution >= 4 is 17.6 Å². The fourth-order valence-corrected chi connectivity index (χ4v) is 1.42. The van der Waals surface area contributed by atoms with Crippen LogP contribution in [0, 0.1) is 6.92 Å². The zero-order valence-electron chi connectivity index (χ0n) is 10.9. The highest BCUT2D eigenvalue weighted by molar-refractivity contribution is 5.92. The molecule has 0 fully saturated rings. The van der Waals surface area contributed by atoms with Crippen LogP contribution in [0.3, 0.4) is 0 Å². The van der Waals surface area contributed by atoms with E-state index in [9.17, 15) is 9.59 Å². The monoisotopic (exact) mass is 250 g/mol. The van der Waals surface area contributed by atoms with E-state index in [0.29, 0.717) is 0 Å². The molecule has 0 saturated heterocycles. The lowest BCUT2D eigenvalue weighted by Gasteiger charge is -2.14. The summed E-state index contributed by atoms with van der Waals surface area (Å²) in [5, 5.41) is 2.76. The average Bonchev–Trinajstić information content (AvgIpc) is 2.31. The number of methoxy groups -OCH3 is 1. The second-order valence-corrected chi connectivity index (χ2v) is 4.16. The van der Waals surface area contributed by atoms with E-state index in [0.717, 1.165) is 11.3 Å². The lowest BCUT2D eigenvalue weighted by Crippen LogP contribution is -2.34. The van der Waals surface area contributed by atoms with Gasteiger partial charge >= 0.3 is 5.97 Å². The molecule has 1 aromatic carbocycles. The summed E-state index contributed by atoms with van der Waals surface area (Å²) in [5.74, 6) is -0.522. The molecule has 5 heteroatoms. The quantitative estimate of drug-likeness (QED) is 0.793. The minimum Gasteiger partial charge on any atom is -0.468 e. The summed E-state index contributed by atoms with van der Waals surface area (Å²) in [7, 11) is 3.01. The Hall–Kier alpha value is -1.88. The van der Waals surface area contributed by atoms with Crippen LogP contribution in [-0.2, 0) is 14.3 Å². The van der Waals surface area contributed by atoms with Crippen LogP contribution in [0.5, 0.6) is 0 Å². The molecule has 1 amide bonds. The van der Waals surface area contributed by atoms with Crippen LogP contribution in [-0.4, -0.2) is 44.0 Å². The standard InChI is InChI=1S/C13H18N2O3/c1-10-4-6-11(7-5-10)14-12(16)8-15(2)9-13(17)18-3/h4-7H,8-9H2,1-3H3,(H,14,16). The van der Waals surface area contributed by atoms with Gasteiger partial charge in [-0.3, -0.25) is 14.5 Å². The molecule has 18 heavy (non-hydrogen) atoms. The number of carbonyl (C=O) groups is 2. The summed E-state index contributed by atoms with van der Waals surface area (Å²) in [5.41, 5.74) is 1.88. The molecule has 0 aromatic heterocycles. The second kappa shape index (κ2) is 6.76. The van der Waals surface area contributed by atoms with Crippen LogP contribution in [0.4, 0.5) is 5.69 Å². The average molecular weight is 250 g/mol. The summed E-state index contributed by atoms with van der Waals surface area (Å²) in [4.78, 5) is 24.3. The first kappa shape index (κ1) is 14.2. The number of benzene rings is 1. The first-order valence-corrected chi connectivity index (χ1v) is 5.63. The molecule has 0 aliphatic rings. The van der Waals surface area contributed by atoms with Crippen molar-refractivity contribution in [2.45, 2.75) is 6.92 Å². The Morgan fingerprint density at radius 2 is 1.83 bits per heavy atom. The van der Waals surface area contributed by atoms with Gasteiger partial charge in [-0.2, -0.15) is 0 Å². The zero-order chi connectivity index (χ0) is 13.5. The Morgan fingerprint density at radius 1 is 1.22 bits per heavy atom. The van der Waals surface area contributed by atoms with E-state index in [1.54, 1.807) is 11.9 Å². The van der Waals surface area contributed by atoms with Gasteiger partial charge in [0.2, 0.25) is 5.91 Å². The number of rotatable bonds is 5. The third kappa shape index (κ3) is 4.97. The number of nitrogens with one attached hydrogen (secondary N) is 1. The maximum atomic E-state index is 11.7. The van der Waals surface area contributed by atoms with E-state index >= 15 is 0 Å². The molecular weight excluding hydrogens is 232 g/mol. The van der Waals surface area contributed by atoms with E-state index in [1.165, 1.54) is 7.11 Å². The number of hydrogen-bond acceptors (Lipinski definition) is 4. The van der Waals surface area contributed by atoms with E-state index in [2.05, 4.69) is 10.1 Å². The number of hydrogen-bond donors (Lipinski definition) is 1. The molecule has 0 atom stereocenters. The van der Waals surface area contributed by atoms with Crippen molar-refractivity contribution in [3.8, 4) is 0 Å². The number of carbonyl (C=O) groups excluding carboxylic acids is 2. The van der Waals surface area contributed by atoms with Crippen molar-refractivity contribution < 1.29 is 14.3 Å². The lowest BCUT2D eigenvalue weighted by molar-refractivity contribution is -0.141. The number of aryl methyl sites for hydroxylation is 1. The van der Waals surface area contributed by atoms with Crippen LogP contribution >= 0.6 is 0 Å². The van der Waals surface area contributed by atoms with E-state index < -0.39 is 0 Å². The van der Waals surface area contributed by atoms with Crippen molar-refractivity contribution in [3.63, 3.8) is 0 Å². The second-order valence-electron chi connectivity index (χ2n) is 4.16. The van der Waals surface area contributed by atoms with E-state index in [4.69, 9.17) is 0 Å². The van der Waals surface area contributed by atoms with Gasteiger partial charge in [0.1, 0.15) is 0 Å². The van der Waals surface area contributed by atoms with Crippen molar-refractivity contribution in [1.82, 2.24) is 4.90 Å². The third-order valence-electron chi connectivity index (χ3n) is 2.38. The van der Waals surface area contributed by atoms with Crippen LogP contribution in [0.2, 0.25) is 0 Å². The summed E-state index contributed by atoms with van der Waals surface area (Å²) >= 11 is 0. The molecule has 1 rings (SSSR count). The maximum absolute atomic E-state index is 11.7. The molecule has 0 bridgehead atoms. The highest BCUT2D eigenvalue weighted by Gasteiger charge is 2.10. The minimum absolute atomic E-state index is 0.0951. The van der Waals surface area contributed by atoms with Gasteiger partial charge < -0.3 is 10.1 Å². The van der Waals surface area contributed by atoms with Gasteiger partial charge in [-0.25, -0.2) is 0 Å². The molecule has 0 spiro atoms. The molecule has 1 aromatic rings. The zero-order valence-corrected chi connectivity index (χ0v) is 10.9. The molecule has 1 N–H and O–H groups in total. The third-order valence-corrected chi connectivity index (χ3v) is 2.38. The topological polar surface area (TPSA) is 58.6 Å². The molecule has 0 radical (unpaired) electrons. The van der Waals surface area contributed by atoms with Crippen LogP contribution in [0.25, 0.3) is 0 Å². The summed E-state index contributed by atoms with van der Waals surface area (Å²) < 4.78 is 4.52. The molecule has 0 aliphatic carbocycles. The van der Waals surface area contributed by atoms with E-state index in [1.807, 2.05) is 31.2 Å². The highest BCUT2D eigenvalue weighted by atomic mass is 16.5.